The Morgan fingerprint density at radius 2 is 1.92 bits per heavy atom. The van der Waals surface area contributed by atoms with Crippen molar-refractivity contribution in [2.45, 2.75) is 68.9 Å². The highest BCUT2D eigenvalue weighted by Gasteiger charge is 2.36. The highest BCUT2D eigenvalue weighted by atomic mass is 32.2. The molecular formula is C24H33N5O5S2. The summed E-state index contributed by atoms with van der Waals surface area (Å²) >= 11 is 1.34. The Hall–Kier alpha value is -2.54. The molecule has 0 bridgehead atoms. The number of aliphatic hydroxyl groups is 1. The molecule has 1 fully saturated rings. The molecule has 0 radical (unpaired) electrons. The minimum Gasteiger partial charge on any atom is -0.495 e. The highest BCUT2D eigenvalue weighted by Crippen LogP contribution is 2.36. The number of rotatable bonds is 7. The average molecular weight is 536 g/mol. The number of aromatic nitrogens is 3. The molecule has 0 atom stereocenters. The maximum Gasteiger partial charge on any atom is 0.244 e. The van der Waals surface area contributed by atoms with Crippen LogP contribution in [0.5, 0.6) is 5.75 Å². The van der Waals surface area contributed by atoms with Gasteiger partial charge in [0, 0.05) is 25.7 Å². The summed E-state index contributed by atoms with van der Waals surface area (Å²) in [7, 11) is 0.960. The maximum absolute atomic E-state index is 13.4. The quantitative estimate of drug-likeness (QED) is 0.476. The van der Waals surface area contributed by atoms with Crippen LogP contribution in [0, 0.1) is 6.92 Å². The molecule has 1 aliphatic carbocycles. The van der Waals surface area contributed by atoms with E-state index in [-0.39, 0.29) is 28.7 Å². The number of nitrogens with zero attached hydrogens (tertiary/aromatic N) is 4. The summed E-state index contributed by atoms with van der Waals surface area (Å²) in [5.41, 5.74) is 1.13. The Balaban J connectivity index is 1.75. The van der Waals surface area contributed by atoms with E-state index in [2.05, 4.69) is 9.71 Å². The van der Waals surface area contributed by atoms with Gasteiger partial charge in [-0.2, -0.15) is 5.10 Å². The first kappa shape index (κ1) is 26.5. The van der Waals surface area contributed by atoms with E-state index in [1.54, 1.807) is 36.8 Å². The van der Waals surface area contributed by atoms with Gasteiger partial charge in [-0.3, -0.25) is 4.79 Å². The average Bonchev–Trinajstić information content (AvgIpc) is 3.36. The number of benzene rings is 1. The summed E-state index contributed by atoms with van der Waals surface area (Å²) in [6, 6.07) is 4.73. The zero-order valence-corrected chi connectivity index (χ0v) is 23.0. The molecule has 1 aliphatic rings. The molecule has 0 saturated heterocycles. The fourth-order valence-corrected chi connectivity index (χ4v) is 7.13. The Bertz CT molecular complexity index is 1390. The van der Waals surface area contributed by atoms with E-state index in [0.29, 0.717) is 52.6 Å². The van der Waals surface area contributed by atoms with Crippen LogP contribution in [0.3, 0.4) is 0 Å². The second-order valence-corrected chi connectivity index (χ2v) is 12.6. The summed E-state index contributed by atoms with van der Waals surface area (Å²) < 4.78 is 36.6. The Morgan fingerprint density at radius 1 is 1.25 bits per heavy atom. The van der Waals surface area contributed by atoms with Gasteiger partial charge in [-0.25, -0.2) is 22.6 Å². The first-order valence-corrected chi connectivity index (χ1v) is 14.1. The summed E-state index contributed by atoms with van der Waals surface area (Å²) in [6.45, 7) is 5.50. The number of hydrogen-bond acceptors (Lipinski definition) is 8. The van der Waals surface area contributed by atoms with E-state index in [1.165, 1.54) is 23.3 Å². The largest absolute Gasteiger partial charge is 0.495 e. The van der Waals surface area contributed by atoms with Crippen molar-refractivity contribution in [3.63, 3.8) is 0 Å². The Labute approximate surface area is 215 Å². The molecule has 0 spiro atoms. The number of nitrogens with one attached hydrogen (secondary N) is 1. The number of methoxy groups -OCH3 is 1. The van der Waals surface area contributed by atoms with Crippen molar-refractivity contribution in [3.8, 4) is 17.0 Å². The number of amides is 1. The number of likely N-dealkylation sites (N-methyl/N-ethyl adjacent to an activating group) is 1. The number of carbonyl (C=O) groups is 1. The van der Waals surface area contributed by atoms with E-state index >= 15 is 0 Å². The fraction of sp³-hybridized carbons (Fsp3) is 0.542. The molecule has 196 valence electrons. The van der Waals surface area contributed by atoms with Gasteiger partial charge >= 0.3 is 0 Å². The van der Waals surface area contributed by atoms with Gasteiger partial charge in [0.05, 0.1) is 30.0 Å². The summed E-state index contributed by atoms with van der Waals surface area (Å²) in [4.78, 5) is 19.6. The zero-order valence-electron chi connectivity index (χ0n) is 21.4. The highest BCUT2D eigenvalue weighted by molar-refractivity contribution is 7.89. The van der Waals surface area contributed by atoms with Gasteiger partial charge in [-0.15, -0.1) is 0 Å². The molecule has 10 nitrogen and oxygen atoms in total. The molecule has 12 heteroatoms. The van der Waals surface area contributed by atoms with Crippen LogP contribution in [-0.2, 0) is 20.2 Å². The predicted molar refractivity (Wildman–Crippen MR) is 138 cm³/mol. The summed E-state index contributed by atoms with van der Waals surface area (Å²) in [6.07, 6.45) is 1.91. The second-order valence-electron chi connectivity index (χ2n) is 9.96. The minimum atomic E-state index is -3.89. The lowest BCUT2D eigenvalue weighted by atomic mass is 9.93. The first-order valence-electron chi connectivity index (χ1n) is 11.8. The van der Waals surface area contributed by atoms with Crippen molar-refractivity contribution in [3.05, 3.63) is 28.9 Å². The molecule has 1 amide bonds. The van der Waals surface area contributed by atoms with Crippen LogP contribution in [0.25, 0.3) is 16.2 Å². The lowest BCUT2D eigenvalue weighted by molar-refractivity contribution is -0.133. The normalized spacial score (nSPS) is 19.0. The monoisotopic (exact) mass is 535 g/mol. The van der Waals surface area contributed by atoms with Crippen molar-refractivity contribution in [1.82, 2.24) is 24.2 Å². The van der Waals surface area contributed by atoms with Gasteiger partial charge in [-0.1, -0.05) is 11.3 Å². The molecule has 4 rings (SSSR count). The van der Waals surface area contributed by atoms with Crippen LogP contribution < -0.4 is 9.46 Å². The van der Waals surface area contributed by atoms with Crippen LogP contribution in [0.4, 0.5) is 0 Å². The van der Waals surface area contributed by atoms with Crippen molar-refractivity contribution in [2.24, 2.45) is 0 Å². The third-order valence-electron chi connectivity index (χ3n) is 6.60. The minimum absolute atomic E-state index is 0.0292. The van der Waals surface area contributed by atoms with Crippen molar-refractivity contribution < 1.29 is 23.1 Å². The molecule has 36 heavy (non-hydrogen) atoms. The molecule has 0 unspecified atom stereocenters. The van der Waals surface area contributed by atoms with Gasteiger partial charge in [0.2, 0.25) is 20.9 Å². The SMILES string of the molecule is COc1ccc(-c2c(C)nc3sc(C(C)(C)C(=O)N(C)C)nn23)cc1S(=O)(=O)N[C@H]1CC[C@@H](O)CC1. The zero-order chi connectivity index (χ0) is 26.4. The van der Waals surface area contributed by atoms with Crippen LogP contribution in [0.1, 0.15) is 50.2 Å². The van der Waals surface area contributed by atoms with Crippen molar-refractivity contribution in [2.75, 3.05) is 21.2 Å². The number of fused-ring (bicyclic) bond motifs is 1. The molecule has 1 aromatic carbocycles. The lowest BCUT2D eigenvalue weighted by Crippen LogP contribution is -2.39. The maximum atomic E-state index is 13.4. The first-order chi connectivity index (χ1) is 16.8. The van der Waals surface area contributed by atoms with Gasteiger partial charge in [0.15, 0.2) is 0 Å². The molecule has 1 saturated carbocycles. The third kappa shape index (κ3) is 4.86. The second kappa shape index (κ2) is 9.73. The fourth-order valence-electron chi connectivity index (χ4n) is 4.59. The van der Waals surface area contributed by atoms with Crippen LogP contribution in [0.2, 0.25) is 0 Å². The van der Waals surface area contributed by atoms with Crippen molar-refractivity contribution >= 4 is 32.2 Å². The van der Waals surface area contributed by atoms with Gasteiger partial charge in [0.1, 0.15) is 15.7 Å². The van der Waals surface area contributed by atoms with Crippen LogP contribution in [0.15, 0.2) is 23.1 Å². The smallest absolute Gasteiger partial charge is 0.244 e. The number of ether oxygens (including phenoxy) is 1. The number of sulfonamides is 1. The van der Waals surface area contributed by atoms with Crippen molar-refractivity contribution in [1.29, 1.82) is 0 Å². The summed E-state index contributed by atoms with van der Waals surface area (Å²) in [5, 5.41) is 15.1. The number of aliphatic hydroxyl groups excluding tert-OH is 1. The van der Waals surface area contributed by atoms with Gasteiger partial charge < -0.3 is 14.7 Å². The number of hydrogen-bond donors (Lipinski definition) is 2. The standard InChI is InChI=1S/C24H33N5O5S2/c1-14-20(29-23(25-14)35-21(26-29)24(2,3)22(31)28(4)5)15-7-12-18(34-6)19(13-15)36(32,33)27-16-8-10-17(30)11-9-16/h7,12-13,16-17,27,30H,8-11H2,1-6H3/t16-,17+. The Morgan fingerprint density at radius 3 is 2.53 bits per heavy atom. The van der Waals surface area contributed by atoms with E-state index in [0.717, 1.165) is 0 Å². The van der Waals surface area contributed by atoms with Crippen LogP contribution >= 0.6 is 11.3 Å². The van der Waals surface area contributed by atoms with E-state index in [1.807, 2.05) is 20.8 Å². The molecule has 2 aromatic heterocycles. The molecule has 3 aromatic rings. The lowest BCUT2D eigenvalue weighted by Gasteiger charge is -2.26. The van der Waals surface area contributed by atoms with E-state index < -0.39 is 15.4 Å². The van der Waals surface area contributed by atoms with E-state index in [9.17, 15) is 18.3 Å². The Kier molecular flexibility index (Phi) is 7.17. The van der Waals surface area contributed by atoms with Gasteiger partial charge in [0.25, 0.3) is 0 Å². The van der Waals surface area contributed by atoms with E-state index in [4.69, 9.17) is 9.84 Å². The molecule has 2 heterocycles. The predicted octanol–water partition coefficient (Wildman–Crippen LogP) is 2.72. The number of imidazole rings is 1. The number of aryl methyl sites for hydroxylation is 1. The van der Waals surface area contributed by atoms with Crippen LogP contribution in [-0.4, -0.2) is 72.3 Å². The summed E-state index contributed by atoms with van der Waals surface area (Å²) in [5.74, 6) is 0.161. The van der Waals surface area contributed by atoms with Gasteiger partial charge in [-0.05, 0) is 64.7 Å². The molecule has 2 N–H and O–H groups in total. The topological polar surface area (TPSA) is 126 Å². The third-order valence-corrected chi connectivity index (χ3v) is 9.37. The molecular weight excluding hydrogens is 502 g/mol. The molecule has 0 aliphatic heterocycles. The number of carbonyl (C=O) groups excluding carboxylic acids is 1.